The first-order chi connectivity index (χ1) is 14.7. The van der Waals surface area contributed by atoms with Crippen LogP contribution in [-0.4, -0.2) is 81.0 Å². The summed E-state index contributed by atoms with van der Waals surface area (Å²) in [6.45, 7) is 6.94. The van der Waals surface area contributed by atoms with Gasteiger partial charge in [-0.2, -0.15) is 0 Å². The second-order valence-corrected chi connectivity index (χ2v) is 8.65. The topological polar surface area (TPSA) is 49.3 Å². The van der Waals surface area contributed by atoms with Gasteiger partial charge in [0.2, 0.25) is 0 Å². The van der Waals surface area contributed by atoms with Crippen LogP contribution in [0.2, 0.25) is 0 Å². The molecule has 0 radical (unpaired) electrons. The van der Waals surface area contributed by atoms with E-state index in [1.165, 1.54) is 0 Å². The minimum absolute atomic E-state index is 0. The van der Waals surface area contributed by atoms with Crippen molar-refractivity contribution in [2.24, 2.45) is 10.9 Å². The number of nitrogens with zero attached hydrogens (tertiary/aromatic N) is 3. The summed E-state index contributed by atoms with van der Waals surface area (Å²) >= 11 is 0. The van der Waals surface area contributed by atoms with Crippen molar-refractivity contribution in [2.45, 2.75) is 44.4 Å². The molecule has 1 aromatic carbocycles. The first-order valence-electron chi connectivity index (χ1n) is 11.4. The van der Waals surface area contributed by atoms with Crippen molar-refractivity contribution in [3.8, 4) is 0 Å². The number of hydrogen-bond acceptors (Lipinski definition) is 4. The summed E-state index contributed by atoms with van der Waals surface area (Å²) in [7, 11) is 1.86. The molecule has 0 bridgehead atoms. The molecule has 31 heavy (non-hydrogen) atoms. The molecule has 0 aromatic heterocycles. The molecule has 3 aliphatic rings. The molecule has 6 nitrogen and oxygen atoms in total. The Morgan fingerprint density at radius 3 is 2.58 bits per heavy atom. The molecule has 8 heteroatoms. The molecule has 3 heterocycles. The van der Waals surface area contributed by atoms with E-state index in [1.54, 1.807) is 12.1 Å². The summed E-state index contributed by atoms with van der Waals surface area (Å²) < 4.78 is 25.7. The Bertz CT molecular complexity index is 709. The minimum Gasteiger partial charge on any atom is -0.375 e. The van der Waals surface area contributed by atoms with Gasteiger partial charge in [0, 0.05) is 45.4 Å². The number of nitrogens with one attached hydrogen (secondary N) is 1. The quantitative estimate of drug-likeness (QED) is 0.350. The summed E-state index contributed by atoms with van der Waals surface area (Å²) in [5.74, 6) is 1.49. The van der Waals surface area contributed by atoms with Crippen LogP contribution in [0, 0.1) is 11.7 Å². The van der Waals surface area contributed by atoms with E-state index in [-0.39, 0.29) is 42.0 Å². The molecule has 0 amide bonds. The lowest BCUT2D eigenvalue weighted by Gasteiger charge is -2.38. The van der Waals surface area contributed by atoms with E-state index in [0.717, 1.165) is 83.1 Å². The molecule has 0 spiro atoms. The van der Waals surface area contributed by atoms with E-state index < -0.39 is 0 Å². The average molecular weight is 546 g/mol. The fourth-order valence-electron chi connectivity index (χ4n) is 4.77. The number of likely N-dealkylation sites (tertiary alicyclic amines) is 1. The first-order valence-corrected chi connectivity index (χ1v) is 11.4. The Morgan fingerprint density at radius 2 is 1.87 bits per heavy atom. The van der Waals surface area contributed by atoms with Crippen molar-refractivity contribution in [1.29, 1.82) is 0 Å². The molecule has 174 valence electrons. The highest BCUT2D eigenvalue weighted by atomic mass is 127. The monoisotopic (exact) mass is 546 g/mol. The van der Waals surface area contributed by atoms with Gasteiger partial charge in [0.15, 0.2) is 5.96 Å². The van der Waals surface area contributed by atoms with E-state index in [0.29, 0.717) is 12.5 Å². The number of guanidine groups is 1. The maximum Gasteiger partial charge on any atom is 0.193 e. The lowest BCUT2D eigenvalue weighted by molar-refractivity contribution is -0.0817. The highest BCUT2D eigenvalue weighted by Gasteiger charge is 2.32. The maximum atomic E-state index is 13.9. The summed E-state index contributed by atoms with van der Waals surface area (Å²) in [4.78, 5) is 9.19. The molecule has 2 unspecified atom stereocenters. The van der Waals surface area contributed by atoms with Crippen LogP contribution < -0.4 is 5.32 Å². The van der Waals surface area contributed by atoms with Crippen molar-refractivity contribution in [1.82, 2.24) is 15.1 Å². The van der Waals surface area contributed by atoms with Crippen LogP contribution in [-0.2, 0) is 16.0 Å². The number of benzene rings is 1. The van der Waals surface area contributed by atoms with Crippen molar-refractivity contribution in [3.63, 3.8) is 0 Å². The van der Waals surface area contributed by atoms with Gasteiger partial charge in [0.05, 0.1) is 12.7 Å². The Kier molecular flexibility index (Phi) is 9.80. The van der Waals surface area contributed by atoms with Crippen LogP contribution in [0.3, 0.4) is 0 Å². The van der Waals surface area contributed by atoms with Crippen LogP contribution in [0.4, 0.5) is 4.39 Å². The Balaban J connectivity index is 0.00000272. The number of hydrogen-bond donors (Lipinski definition) is 1. The van der Waals surface area contributed by atoms with Gasteiger partial charge in [-0.1, -0.05) is 18.2 Å². The van der Waals surface area contributed by atoms with Gasteiger partial charge in [-0.15, -0.1) is 24.0 Å². The smallest absolute Gasteiger partial charge is 0.193 e. The zero-order valence-corrected chi connectivity index (χ0v) is 20.8. The highest BCUT2D eigenvalue weighted by Crippen LogP contribution is 2.22. The molecule has 4 rings (SSSR count). The third-order valence-electron chi connectivity index (χ3n) is 6.59. The fraction of sp³-hybridized carbons (Fsp3) is 0.696. The fourth-order valence-corrected chi connectivity index (χ4v) is 4.77. The molecule has 1 N–H and O–H groups in total. The number of halogens is 2. The summed E-state index contributed by atoms with van der Waals surface area (Å²) in [5.41, 5.74) is 0.794. The molecule has 3 aliphatic heterocycles. The minimum atomic E-state index is -0.100. The first kappa shape index (κ1) is 24.7. The molecule has 1 aromatic rings. The van der Waals surface area contributed by atoms with Crippen molar-refractivity contribution in [3.05, 3.63) is 35.6 Å². The summed E-state index contributed by atoms with van der Waals surface area (Å²) in [6.07, 6.45) is 4.84. The number of piperidine rings is 1. The highest BCUT2D eigenvalue weighted by molar-refractivity contribution is 14.0. The molecule has 3 saturated heterocycles. The van der Waals surface area contributed by atoms with E-state index in [4.69, 9.17) is 9.47 Å². The van der Waals surface area contributed by atoms with Crippen LogP contribution in [0.5, 0.6) is 0 Å². The molecule has 0 saturated carbocycles. The second-order valence-electron chi connectivity index (χ2n) is 8.65. The molecular formula is C23H36FIN4O2. The standard InChI is InChI=1S/C23H35FN4O2.HI/c1-25-23(28-12-14-30-22(17-28)21-7-4-13-29-21)26-15-18-8-10-27(11-9-18)16-19-5-2-3-6-20(19)24;/h2-3,5-6,18,21-22H,4,7-17H2,1H3,(H,25,26);1H. The third-order valence-corrected chi connectivity index (χ3v) is 6.59. The number of morpholine rings is 1. The third kappa shape index (κ3) is 6.76. The number of rotatable bonds is 5. The van der Waals surface area contributed by atoms with Gasteiger partial charge in [-0.3, -0.25) is 9.89 Å². The van der Waals surface area contributed by atoms with Gasteiger partial charge in [-0.25, -0.2) is 4.39 Å². The van der Waals surface area contributed by atoms with Gasteiger partial charge in [0.25, 0.3) is 0 Å². The predicted molar refractivity (Wildman–Crippen MR) is 131 cm³/mol. The van der Waals surface area contributed by atoms with Crippen molar-refractivity contribution in [2.75, 3.05) is 53.0 Å². The molecule has 3 fully saturated rings. The van der Waals surface area contributed by atoms with Gasteiger partial charge < -0.3 is 19.7 Å². The normalized spacial score (nSPS) is 26.0. The van der Waals surface area contributed by atoms with E-state index in [9.17, 15) is 4.39 Å². The van der Waals surface area contributed by atoms with Crippen LogP contribution in [0.25, 0.3) is 0 Å². The van der Waals surface area contributed by atoms with E-state index in [1.807, 2.05) is 19.2 Å². The zero-order chi connectivity index (χ0) is 20.8. The van der Waals surface area contributed by atoms with Gasteiger partial charge >= 0.3 is 0 Å². The van der Waals surface area contributed by atoms with Gasteiger partial charge in [0.1, 0.15) is 11.9 Å². The lowest BCUT2D eigenvalue weighted by atomic mass is 9.96. The molecule has 0 aliphatic carbocycles. The van der Waals surface area contributed by atoms with Crippen molar-refractivity contribution < 1.29 is 13.9 Å². The number of ether oxygens (including phenoxy) is 2. The largest absolute Gasteiger partial charge is 0.375 e. The molecule has 2 atom stereocenters. The second kappa shape index (κ2) is 12.3. The summed E-state index contributed by atoms with van der Waals surface area (Å²) in [6, 6.07) is 7.10. The summed E-state index contributed by atoms with van der Waals surface area (Å²) in [5, 5.41) is 3.59. The number of aliphatic imine (C=N–C) groups is 1. The van der Waals surface area contributed by atoms with Crippen LogP contribution in [0.15, 0.2) is 29.3 Å². The van der Waals surface area contributed by atoms with E-state index in [2.05, 4.69) is 20.1 Å². The Hall–Kier alpha value is -0.970. The Labute approximate surface area is 202 Å². The SMILES string of the molecule is CN=C(NCC1CCN(Cc2ccccc2F)CC1)N1CCOC(C2CCCO2)C1.I. The predicted octanol–water partition coefficient (Wildman–Crippen LogP) is 3.11. The van der Waals surface area contributed by atoms with Crippen molar-refractivity contribution >= 4 is 29.9 Å². The molecular weight excluding hydrogens is 510 g/mol. The Morgan fingerprint density at radius 1 is 1.10 bits per heavy atom. The van der Waals surface area contributed by atoms with Crippen LogP contribution in [0.1, 0.15) is 31.2 Å². The zero-order valence-electron chi connectivity index (χ0n) is 18.5. The lowest BCUT2D eigenvalue weighted by Crippen LogP contribution is -2.54. The average Bonchev–Trinajstić information content (AvgIpc) is 3.32. The van der Waals surface area contributed by atoms with Gasteiger partial charge in [-0.05, 0) is 50.8 Å². The van der Waals surface area contributed by atoms with Crippen LogP contribution >= 0.6 is 24.0 Å². The van der Waals surface area contributed by atoms with E-state index >= 15 is 0 Å². The maximum absolute atomic E-state index is 13.9.